The molecule has 3 rings (SSSR count). The Hall–Kier alpha value is -2.81. The molecule has 9 heteroatoms. The van der Waals surface area contributed by atoms with E-state index in [4.69, 9.17) is 0 Å². The fraction of sp³-hybridized carbons (Fsp3) is 0.333. The minimum Gasteiger partial charge on any atom is -0.335 e. The van der Waals surface area contributed by atoms with Gasteiger partial charge < -0.3 is 4.90 Å². The zero-order chi connectivity index (χ0) is 17.1. The number of halogens is 1. The molecule has 1 fully saturated rings. The zero-order valence-electron chi connectivity index (χ0n) is 12.8. The summed E-state index contributed by atoms with van der Waals surface area (Å²) in [5.74, 6) is -0.697. The van der Waals surface area contributed by atoms with Crippen molar-refractivity contribution in [2.45, 2.75) is 6.54 Å². The monoisotopic (exact) mass is 333 g/mol. The van der Waals surface area contributed by atoms with Gasteiger partial charge in [-0.3, -0.25) is 24.9 Å². The van der Waals surface area contributed by atoms with E-state index in [2.05, 4.69) is 15.1 Å². The van der Waals surface area contributed by atoms with Crippen molar-refractivity contribution in [2.75, 3.05) is 26.2 Å². The summed E-state index contributed by atoms with van der Waals surface area (Å²) in [4.78, 5) is 26.3. The Bertz CT molecular complexity index is 755. The van der Waals surface area contributed by atoms with Crippen LogP contribution in [0.15, 0.2) is 30.5 Å². The van der Waals surface area contributed by atoms with Crippen molar-refractivity contribution in [2.24, 2.45) is 0 Å². The lowest BCUT2D eigenvalue weighted by Gasteiger charge is -2.34. The maximum Gasteiger partial charge on any atom is 0.319 e. The Morgan fingerprint density at radius 3 is 2.75 bits per heavy atom. The molecule has 2 aromatic rings. The van der Waals surface area contributed by atoms with Crippen molar-refractivity contribution in [3.8, 4) is 0 Å². The lowest BCUT2D eigenvalue weighted by atomic mass is 10.2. The summed E-state index contributed by atoms with van der Waals surface area (Å²) in [6.07, 6.45) is 1.04. The van der Waals surface area contributed by atoms with Crippen molar-refractivity contribution in [3.63, 3.8) is 0 Å². The van der Waals surface area contributed by atoms with E-state index in [0.717, 1.165) is 11.8 Å². The molecule has 1 N–H and O–H groups in total. The van der Waals surface area contributed by atoms with E-state index in [0.29, 0.717) is 32.7 Å². The summed E-state index contributed by atoms with van der Waals surface area (Å²) in [6.45, 7) is 2.73. The van der Waals surface area contributed by atoms with Gasteiger partial charge in [0.1, 0.15) is 12.0 Å². The van der Waals surface area contributed by atoms with Crippen LogP contribution in [0.5, 0.6) is 0 Å². The number of hydrogen-bond acceptors (Lipinski definition) is 5. The molecule has 126 valence electrons. The average molecular weight is 333 g/mol. The predicted molar refractivity (Wildman–Crippen MR) is 82.8 cm³/mol. The zero-order valence-corrected chi connectivity index (χ0v) is 12.8. The van der Waals surface area contributed by atoms with E-state index >= 15 is 0 Å². The second kappa shape index (κ2) is 6.75. The number of carbonyl (C=O) groups is 1. The fourth-order valence-electron chi connectivity index (χ4n) is 2.74. The number of amides is 1. The van der Waals surface area contributed by atoms with Gasteiger partial charge in [0, 0.05) is 32.7 Å². The first-order chi connectivity index (χ1) is 11.5. The number of nitro groups is 1. The number of H-pyrrole nitrogens is 1. The van der Waals surface area contributed by atoms with Gasteiger partial charge >= 0.3 is 5.69 Å². The number of piperazine rings is 1. The molecule has 1 saturated heterocycles. The van der Waals surface area contributed by atoms with Crippen LogP contribution in [0.4, 0.5) is 10.1 Å². The molecule has 2 heterocycles. The molecule has 1 aliphatic rings. The lowest BCUT2D eigenvalue weighted by molar-refractivity contribution is -0.385. The number of aromatic nitrogens is 2. The molecule has 1 aromatic carbocycles. The summed E-state index contributed by atoms with van der Waals surface area (Å²) in [7, 11) is 0. The highest BCUT2D eigenvalue weighted by Gasteiger charge is 2.29. The number of carbonyl (C=O) groups excluding carboxylic acids is 1. The van der Waals surface area contributed by atoms with Gasteiger partial charge in [0.2, 0.25) is 5.69 Å². The van der Waals surface area contributed by atoms with Crippen LogP contribution in [0.1, 0.15) is 16.1 Å². The Morgan fingerprint density at radius 2 is 2.08 bits per heavy atom. The van der Waals surface area contributed by atoms with Gasteiger partial charge in [-0.1, -0.05) is 12.1 Å². The van der Waals surface area contributed by atoms with Crippen LogP contribution < -0.4 is 0 Å². The van der Waals surface area contributed by atoms with Gasteiger partial charge in [0.25, 0.3) is 5.91 Å². The molecular formula is C15H16FN5O3. The minimum absolute atomic E-state index is 0.0985. The standard InChI is InChI=1S/C15H16FN5O3/c16-12-3-1-2-11(8-12)10-19-4-6-20(7-5-19)15(22)14-13(21(23)24)9-17-18-14/h1-3,8-9H,4-7,10H2,(H,17,18). The third-order valence-electron chi connectivity index (χ3n) is 3.98. The smallest absolute Gasteiger partial charge is 0.319 e. The first-order valence-corrected chi connectivity index (χ1v) is 7.48. The third-order valence-corrected chi connectivity index (χ3v) is 3.98. The van der Waals surface area contributed by atoms with Crippen molar-refractivity contribution < 1.29 is 14.1 Å². The molecular weight excluding hydrogens is 317 g/mol. The molecule has 0 radical (unpaired) electrons. The van der Waals surface area contributed by atoms with E-state index in [-0.39, 0.29) is 17.2 Å². The van der Waals surface area contributed by atoms with Crippen molar-refractivity contribution in [1.29, 1.82) is 0 Å². The molecule has 1 aliphatic heterocycles. The molecule has 24 heavy (non-hydrogen) atoms. The summed E-state index contributed by atoms with van der Waals surface area (Å²) >= 11 is 0. The first-order valence-electron chi connectivity index (χ1n) is 7.48. The molecule has 0 saturated carbocycles. The van der Waals surface area contributed by atoms with Crippen LogP contribution in [0, 0.1) is 15.9 Å². The largest absolute Gasteiger partial charge is 0.335 e. The molecule has 0 spiro atoms. The lowest BCUT2D eigenvalue weighted by Crippen LogP contribution is -2.48. The molecule has 1 amide bonds. The van der Waals surface area contributed by atoms with E-state index < -0.39 is 10.8 Å². The van der Waals surface area contributed by atoms with Crippen LogP contribution in [0.2, 0.25) is 0 Å². The Labute approximate surface area is 137 Å². The van der Waals surface area contributed by atoms with Crippen molar-refractivity contribution in [3.05, 3.63) is 57.7 Å². The highest BCUT2D eigenvalue weighted by molar-refractivity contribution is 5.96. The summed E-state index contributed by atoms with van der Waals surface area (Å²) < 4.78 is 13.2. The maximum atomic E-state index is 13.2. The number of nitrogens with zero attached hydrogens (tertiary/aromatic N) is 4. The van der Waals surface area contributed by atoms with Crippen LogP contribution >= 0.6 is 0 Å². The summed E-state index contributed by atoms with van der Waals surface area (Å²) in [6, 6.07) is 6.42. The topological polar surface area (TPSA) is 95.4 Å². The van der Waals surface area contributed by atoms with Gasteiger partial charge in [-0.2, -0.15) is 5.10 Å². The predicted octanol–water partition coefficient (Wildman–Crippen LogP) is 1.41. The van der Waals surface area contributed by atoms with E-state index in [1.54, 1.807) is 11.0 Å². The highest BCUT2D eigenvalue weighted by Crippen LogP contribution is 2.18. The quantitative estimate of drug-likeness (QED) is 0.674. The Kier molecular flexibility index (Phi) is 4.52. The molecule has 1 aromatic heterocycles. The number of aromatic amines is 1. The second-order valence-corrected chi connectivity index (χ2v) is 5.59. The van der Waals surface area contributed by atoms with Gasteiger partial charge in [0.15, 0.2) is 0 Å². The highest BCUT2D eigenvalue weighted by atomic mass is 19.1. The third kappa shape index (κ3) is 3.40. The number of rotatable bonds is 4. The average Bonchev–Trinajstić information content (AvgIpc) is 3.05. The van der Waals surface area contributed by atoms with Gasteiger partial charge in [-0.05, 0) is 17.7 Å². The Balaban J connectivity index is 1.59. The van der Waals surface area contributed by atoms with Gasteiger partial charge in [0.05, 0.1) is 4.92 Å². The molecule has 0 aliphatic carbocycles. The van der Waals surface area contributed by atoms with Gasteiger partial charge in [-0.15, -0.1) is 0 Å². The van der Waals surface area contributed by atoms with E-state index in [9.17, 15) is 19.3 Å². The van der Waals surface area contributed by atoms with Crippen molar-refractivity contribution in [1.82, 2.24) is 20.0 Å². The number of hydrogen-bond donors (Lipinski definition) is 1. The summed E-state index contributed by atoms with van der Waals surface area (Å²) in [5.41, 5.74) is 0.458. The van der Waals surface area contributed by atoms with Crippen LogP contribution in [0.25, 0.3) is 0 Å². The summed E-state index contributed by atoms with van der Waals surface area (Å²) in [5, 5.41) is 16.9. The van der Waals surface area contributed by atoms with Crippen LogP contribution in [0.3, 0.4) is 0 Å². The van der Waals surface area contributed by atoms with E-state index in [1.807, 2.05) is 6.07 Å². The van der Waals surface area contributed by atoms with Gasteiger partial charge in [-0.25, -0.2) is 4.39 Å². The first kappa shape index (κ1) is 16.1. The molecule has 0 bridgehead atoms. The normalized spacial score (nSPS) is 15.5. The SMILES string of the molecule is O=C(c1[nH]ncc1[N+](=O)[O-])N1CCN(Cc2cccc(F)c2)CC1. The molecule has 0 atom stereocenters. The molecule has 0 unspecified atom stereocenters. The molecule has 8 nitrogen and oxygen atoms in total. The number of nitrogens with one attached hydrogen (secondary N) is 1. The van der Waals surface area contributed by atoms with E-state index in [1.165, 1.54) is 12.1 Å². The maximum absolute atomic E-state index is 13.2. The Morgan fingerprint density at radius 1 is 1.33 bits per heavy atom. The minimum atomic E-state index is -0.628. The van der Waals surface area contributed by atoms with Crippen LogP contribution in [-0.4, -0.2) is 57.0 Å². The fourth-order valence-corrected chi connectivity index (χ4v) is 2.74. The number of benzene rings is 1. The van der Waals surface area contributed by atoms with Crippen LogP contribution in [-0.2, 0) is 6.54 Å². The second-order valence-electron chi connectivity index (χ2n) is 5.59. The van der Waals surface area contributed by atoms with Crippen molar-refractivity contribution >= 4 is 11.6 Å².